The van der Waals surface area contributed by atoms with Gasteiger partial charge in [0.05, 0.1) is 15.4 Å². The van der Waals surface area contributed by atoms with Crippen molar-refractivity contribution in [2.24, 2.45) is 47.3 Å². The van der Waals surface area contributed by atoms with Crippen LogP contribution in [-0.4, -0.2) is 50.9 Å². The second kappa shape index (κ2) is 75.6. The number of ketones is 3. The first-order valence-electron chi connectivity index (χ1n) is 35.1. The van der Waals surface area contributed by atoms with Crippen LogP contribution in [0.5, 0.6) is 0 Å². The smallest absolute Gasteiger partial charge is 0.180 e. The Kier molecular flexibility index (Phi) is 88.7. The van der Waals surface area contributed by atoms with E-state index in [0.29, 0.717) is 10.8 Å². The molecular formula is C84H148O7S2. The van der Waals surface area contributed by atoms with Crippen LogP contribution >= 0.6 is 0 Å². The summed E-state index contributed by atoms with van der Waals surface area (Å²) in [5, 5.41) is -0.576. The van der Waals surface area contributed by atoms with E-state index in [1.807, 2.05) is 171 Å². The summed E-state index contributed by atoms with van der Waals surface area (Å²) in [6.45, 7) is 67.7. The molecular weight excluding hydrogens is 1190 g/mol. The number of benzene rings is 5. The van der Waals surface area contributed by atoms with Gasteiger partial charge < -0.3 is 0 Å². The molecule has 5 rings (SSSR count). The van der Waals surface area contributed by atoms with Crippen molar-refractivity contribution in [3.8, 4) is 11.8 Å². The van der Waals surface area contributed by atoms with Crippen molar-refractivity contribution in [3.63, 3.8) is 0 Å². The van der Waals surface area contributed by atoms with Crippen LogP contribution < -0.4 is 0 Å². The van der Waals surface area contributed by atoms with Gasteiger partial charge in [-0.15, -0.1) is 0 Å². The molecule has 0 saturated heterocycles. The van der Waals surface area contributed by atoms with Gasteiger partial charge in [0.2, 0.25) is 0 Å². The van der Waals surface area contributed by atoms with Crippen molar-refractivity contribution < 1.29 is 31.2 Å². The van der Waals surface area contributed by atoms with Crippen LogP contribution in [0.25, 0.3) is 0 Å². The number of sulfone groups is 2. The van der Waals surface area contributed by atoms with Gasteiger partial charge in [-0.2, -0.15) is 0 Å². The second-order valence-electron chi connectivity index (χ2n) is 23.8. The van der Waals surface area contributed by atoms with E-state index in [4.69, 9.17) is 0 Å². The van der Waals surface area contributed by atoms with Crippen molar-refractivity contribution in [2.45, 2.75) is 276 Å². The molecule has 9 heteroatoms. The molecule has 0 amide bonds. The lowest BCUT2D eigenvalue weighted by Crippen LogP contribution is -2.13. The molecule has 0 radical (unpaired) electrons. The van der Waals surface area contributed by atoms with Crippen LogP contribution in [0.4, 0.5) is 0 Å². The molecule has 0 bridgehead atoms. The van der Waals surface area contributed by atoms with Gasteiger partial charge in [0.1, 0.15) is 21.4 Å². The molecule has 7 nitrogen and oxygen atoms in total. The molecule has 93 heavy (non-hydrogen) atoms. The first-order chi connectivity index (χ1) is 43.4. The van der Waals surface area contributed by atoms with Crippen molar-refractivity contribution >= 4 is 37.0 Å². The van der Waals surface area contributed by atoms with Gasteiger partial charge in [-0.1, -0.05) is 346 Å². The van der Waals surface area contributed by atoms with E-state index in [-0.39, 0.29) is 45.6 Å². The fourth-order valence-corrected chi connectivity index (χ4v) is 5.82. The highest BCUT2D eigenvalue weighted by atomic mass is 32.2. The van der Waals surface area contributed by atoms with Gasteiger partial charge in [-0.05, 0) is 113 Å². The lowest BCUT2D eigenvalue weighted by molar-refractivity contribution is -0.120. The third kappa shape index (κ3) is 84.6. The van der Waals surface area contributed by atoms with E-state index in [9.17, 15) is 31.2 Å². The Balaban J connectivity index is -0.000000103. The number of hydrogen-bond donors (Lipinski definition) is 0. The van der Waals surface area contributed by atoms with Crippen LogP contribution in [0.1, 0.15) is 275 Å². The molecule has 0 aliphatic carbocycles. The van der Waals surface area contributed by atoms with Crippen molar-refractivity contribution in [1.82, 2.24) is 0 Å². The molecule has 0 heterocycles. The maximum atomic E-state index is 11.5. The SMILES string of the molecule is CC.CC.CC.CC.CC.CC(=O)C(C)C.CC(=O)C(C)C.CC(C)C#Cc1ccccc1.CC(C)C(=O)c1ccccc1.CC(C)Cc1ccccc1.CC(C)Cc1ccccc1.CC(C)S(=O)(=O)c1ccccc1.CC(C)S(C)(=O)=O.CCC(C)C.CCC(C)C. The Morgan fingerprint density at radius 2 is 0.602 bits per heavy atom. The highest BCUT2D eigenvalue weighted by Crippen LogP contribution is 2.14. The third-order valence-electron chi connectivity index (χ3n) is 11.6. The van der Waals surface area contributed by atoms with E-state index in [0.717, 1.165) is 34.8 Å². The summed E-state index contributed by atoms with van der Waals surface area (Å²) < 4.78 is 43.7. The standard InChI is InChI=1S/C11H12.C10H12O.2C10H14.C9H12O2S.2C5H10O.2C5H12.C4H10O2S.5C2H6/c1-10(2)8-9-11-6-4-3-5-7-11;1-8(2)10(11)9-6-4-3-5-7-9;2*1-9(2)8-10-6-4-3-5-7-10;1-8(2)12(10,11)9-6-4-3-5-7-9;2*1-4(2)5(3)6;2*1-4-5(2)3;1-4(2)7(3,5)6;5*1-2/h3-7,10H,1-2H3;3-8H,1-2H3;2*3-7,9H,8H2,1-2H3;3-8H,1-2H3;2*4H,1-3H3;2*5H,4H2,1-3H3;4H,1-3H3;5*1-2H3. The number of Topliss-reactive ketones (excluding diaryl/α,β-unsaturated/α-hetero) is 3. The van der Waals surface area contributed by atoms with Crippen LogP contribution in [0.2, 0.25) is 0 Å². The highest BCUT2D eigenvalue weighted by molar-refractivity contribution is 7.92. The first-order valence-corrected chi connectivity index (χ1v) is 38.6. The summed E-state index contributed by atoms with van der Waals surface area (Å²) in [7, 11) is -5.82. The van der Waals surface area contributed by atoms with E-state index in [1.165, 1.54) is 43.1 Å². The Morgan fingerprint density at radius 3 is 0.796 bits per heavy atom. The van der Waals surface area contributed by atoms with Gasteiger partial charge >= 0.3 is 0 Å². The molecule has 0 atom stereocenters. The molecule has 5 aromatic rings. The zero-order valence-electron chi connectivity index (χ0n) is 66.7. The van der Waals surface area contributed by atoms with Crippen molar-refractivity contribution in [3.05, 3.63) is 174 Å². The molecule has 0 unspecified atom stereocenters. The first kappa shape index (κ1) is 109. The fraction of sp³-hybridized carbons (Fsp3) is 0.583. The molecule has 0 aromatic heterocycles. The molecule has 0 aliphatic heterocycles. The molecule has 5 aromatic carbocycles. The maximum absolute atomic E-state index is 11.5. The molecule has 0 fully saturated rings. The molecule has 538 valence electrons. The predicted molar refractivity (Wildman–Crippen MR) is 421 cm³/mol. The number of hydrogen-bond acceptors (Lipinski definition) is 7. The number of carbonyl (C=O) groups is 3. The zero-order chi connectivity index (χ0) is 75.3. The molecule has 0 spiro atoms. The van der Waals surface area contributed by atoms with Crippen molar-refractivity contribution in [1.29, 1.82) is 0 Å². The lowest BCUT2D eigenvalue weighted by Gasteiger charge is -2.06. The van der Waals surface area contributed by atoms with E-state index in [1.54, 1.807) is 71.9 Å². The Morgan fingerprint density at radius 1 is 0.366 bits per heavy atom. The van der Waals surface area contributed by atoms with Crippen LogP contribution in [-0.2, 0) is 42.1 Å². The van der Waals surface area contributed by atoms with E-state index in [2.05, 4.69) is 156 Å². The fourth-order valence-electron chi connectivity index (χ4n) is 4.74. The maximum Gasteiger partial charge on any atom is 0.180 e. The average molecular weight is 1330 g/mol. The van der Waals surface area contributed by atoms with Crippen LogP contribution in [0, 0.1) is 59.2 Å². The molecule has 0 aliphatic rings. The highest BCUT2D eigenvalue weighted by Gasteiger charge is 2.18. The topological polar surface area (TPSA) is 119 Å². The normalized spacial score (nSPS) is 9.52. The van der Waals surface area contributed by atoms with Gasteiger partial charge in [-0.25, -0.2) is 16.8 Å². The summed E-state index contributed by atoms with van der Waals surface area (Å²) in [6, 6.07) is 49.2. The van der Waals surface area contributed by atoms with Gasteiger partial charge in [-0.3, -0.25) is 14.4 Å². The minimum Gasteiger partial charge on any atom is -0.300 e. The summed E-state index contributed by atoms with van der Waals surface area (Å²) >= 11 is 0. The Labute approximate surface area is 580 Å². The largest absolute Gasteiger partial charge is 0.300 e. The quantitative estimate of drug-likeness (QED) is 0.0850. The molecule has 0 saturated carbocycles. The van der Waals surface area contributed by atoms with Gasteiger partial charge in [0, 0.05) is 41.1 Å². The average Bonchev–Trinajstić information content (AvgIpc) is 1.12. The molecule has 0 N–H and O–H groups in total. The Bertz CT molecular complexity index is 2520. The summed E-state index contributed by atoms with van der Waals surface area (Å²) in [4.78, 5) is 32.0. The minimum atomic E-state index is -3.08. The van der Waals surface area contributed by atoms with Crippen molar-refractivity contribution in [2.75, 3.05) is 6.26 Å². The monoisotopic (exact) mass is 1330 g/mol. The van der Waals surface area contributed by atoms with Gasteiger partial charge in [0.15, 0.2) is 15.6 Å². The number of rotatable bonds is 13. The predicted octanol–water partition coefficient (Wildman–Crippen LogP) is 25.0. The third-order valence-corrected chi connectivity index (χ3v) is 15.5. The van der Waals surface area contributed by atoms with E-state index >= 15 is 0 Å². The summed E-state index contributed by atoms with van der Waals surface area (Å²) in [5.74, 6) is 11.2. The van der Waals surface area contributed by atoms with Crippen LogP contribution in [0.3, 0.4) is 0 Å². The second-order valence-corrected chi connectivity index (χ2v) is 28.9. The number of carbonyl (C=O) groups excluding carboxylic acids is 3. The zero-order valence-corrected chi connectivity index (χ0v) is 68.3. The summed E-state index contributed by atoms with van der Waals surface area (Å²) in [5.41, 5.74) is 4.79. The lowest BCUT2D eigenvalue weighted by atomic mass is 10.0. The van der Waals surface area contributed by atoms with Crippen LogP contribution in [0.15, 0.2) is 157 Å². The minimum absolute atomic E-state index is 0.0948. The summed E-state index contributed by atoms with van der Waals surface area (Å²) in [6.07, 6.45) is 6.24. The van der Waals surface area contributed by atoms with Gasteiger partial charge in [0.25, 0.3) is 0 Å². The van der Waals surface area contributed by atoms with E-state index < -0.39 is 19.7 Å². The Hall–Kier alpha value is -5.43.